The SMILES string of the molecule is Cn1c(=O)sc2cc(-c3cncc(N4CCC(Oc5cnn(C6CC6)c5)CC4)n3)ccc21. The topological polar surface area (TPSA) is 78.1 Å². The predicted molar refractivity (Wildman–Crippen MR) is 124 cm³/mol. The van der Waals surface area contributed by atoms with Gasteiger partial charge in [-0.3, -0.25) is 14.5 Å². The van der Waals surface area contributed by atoms with Crippen LogP contribution < -0.4 is 14.5 Å². The van der Waals surface area contributed by atoms with Crippen LogP contribution in [-0.2, 0) is 7.05 Å². The number of nitrogens with zero attached hydrogens (tertiary/aromatic N) is 6. The molecule has 1 aliphatic heterocycles. The van der Waals surface area contributed by atoms with Gasteiger partial charge < -0.3 is 14.2 Å². The van der Waals surface area contributed by atoms with E-state index in [4.69, 9.17) is 9.72 Å². The number of hydrogen-bond donors (Lipinski definition) is 0. The molecule has 164 valence electrons. The maximum Gasteiger partial charge on any atom is 0.307 e. The molecule has 0 bridgehead atoms. The zero-order chi connectivity index (χ0) is 21.7. The van der Waals surface area contributed by atoms with Crippen molar-refractivity contribution in [1.82, 2.24) is 24.3 Å². The number of rotatable bonds is 5. The third kappa shape index (κ3) is 3.66. The standard InChI is InChI=1S/C23H24N6O2S/c1-27-20-5-2-15(10-21(20)32-23(27)30)19-12-24-13-22(26-19)28-8-6-17(7-9-28)31-18-11-25-29(14-18)16-3-4-16/h2,5,10-14,16-17H,3-4,6-9H2,1H3. The van der Waals surface area contributed by atoms with Crippen molar-refractivity contribution in [3.05, 3.63) is 52.7 Å². The fourth-order valence-electron chi connectivity index (χ4n) is 4.26. The molecule has 4 heterocycles. The predicted octanol–water partition coefficient (Wildman–Crippen LogP) is 3.64. The zero-order valence-electron chi connectivity index (χ0n) is 17.8. The van der Waals surface area contributed by atoms with Crippen LogP contribution in [0.2, 0.25) is 0 Å². The van der Waals surface area contributed by atoms with Crippen molar-refractivity contribution in [2.75, 3.05) is 18.0 Å². The fourth-order valence-corrected chi connectivity index (χ4v) is 5.17. The number of hydrogen-bond acceptors (Lipinski definition) is 7. The van der Waals surface area contributed by atoms with Crippen molar-refractivity contribution in [1.29, 1.82) is 0 Å². The molecular formula is C23H24N6O2S. The van der Waals surface area contributed by atoms with Gasteiger partial charge >= 0.3 is 4.87 Å². The van der Waals surface area contributed by atoms with Gasteiger partial charge in [-0.25, -0.2) is 4.98 Å². The van der Waals surface area contributed by atoms with E-state index in [9.17, 15) is 4.79 Å². The van der Waals surface area contributed by atoms with E-state index in [1.54, 1.807) is 17.8 Å². The number of aromatic nitrogens is 5. The molecule has 2 aliphatic rings. The van der Waals surface area contributed by atoms with Crippen molar-refractivity contribution in [2.24, 2.45) is 7.05 Å². The van der Waals surface area contributed by atoms with Crippen molar-refractivity contribution in [3.8, 4) is 17.0 Å². The van der Waals surface area contributed by atoms with E-state index >= 15 is 0 Å². The Morgan fingerprint density at radius 1 is 1.09 bits per heavy atom. The van der Waals surface area contributed by atoms with Gasteiger partial charge in [0.15, 0.2) is 5.75 Å². The minimum absolute atomic E-state index is 0.0435. The largest absolute Gasteiger partial charge is 0.487 e. The number of anilines is 1. The molecule has 1 saturated carbocycles. The first kappa shape index (κ1) is 19.5. The molecule has 4 aromatic rings. The van der Waals surface area contributed by atoms with Gasteiger partial charge in [-0.2, -0.15) is 5.10 Å². The zero-order valence-corrected chi connectivity index (χ0v) is 18.7. The number of benzene rings is 1. The second kappa shape index (κ2) is 7.74. The van der Waals surface area contributed by atoms with Gasteiger partial charge in [-0.1, -0.05) is 17.4 Å². The summed E-state index contributed by atoms with van der Waals surface area (Å²) in [5.74, 6) is 1.75. The number of fused-ring (bicyclic) bond motifs is 1. The van der Waals surface area contributed by atoms with Crippen LogP contribution in [-0.4, -0.2) is 43.5 Å². The van der Waals surface area contributed by atoms with Crippen LogP contribution in [0.25, 0.3) is 21.5 Å². The van der Waals surface area contributed by atoms with Crippen LogP contribution in [0.15, 0.2) is 47.8 Å². The highest BCUT2D eigenvalue weighted by atomic mass is 32.1. The maximum absolute atomic E-state index is 12.0. The smallest absolute Gasteiger partial charge is 0.307 e. The van der Waals surface area contributed by atoms with Crippen LogP contribution in [0, 0.1) is 0 Å². The molecule has 0 spiro atoms. The molecule has 1 saturated heterocycles. The molecule has 0 radical (unpaired) electrons. The van der Waals surface area contributed by atoms with Gasteiger partial charge in [0.2, 0.25) is 0 Å². The molecule has 1 aromatic carbocycles. The van der Waals surface area contributed by atoms with E-state index < -0.39 is 0 Å². The first-order chi connectivity index (χ1) is 15.6. The van der Waals surface area contributed by atoms with Crippen molar-refractivity contribution in [2.45, 2.75) is 37.8 Å². The highest BCUT2D eigenvalue weighted by Gasteiger charge is 2.26. The lowest BCUT2D eigenvalue weighted by atomic mass is 10.1. The molecule has 32 heavy (non-hydrogen) atoms. The second-order valence-corrected chi connectivity index (χ2v) is 9.56. The monoisotopic (exact) mass is 448 g/mol. The molecule has 9 heteroatoms. The Morgan fingerprint density at radius 3 is 2.75 bits per heavy atom. The van der Waals surface area contributed by atoms with Crippen molar-refractivity contribution >= 4 is 27.4 Å². The van der Waals surface area contributed by atoms with E-state index in [1.807, 2.05) is 41.5 Å². The first-order valence-electron chi connectivity index (χ1n) is 11.0. The first-order valence-corrected chi connectivity index (χ1v) is 11.8. The van der Waals surface area contributed by atoms with E-state index in [2.05, 4.69) is 15.0 Å². The molecular weight excluding hydrogens is 424 g/mol. The molecule has 2 fully saturated rings. The van der Waals surface area contributed by atoms with Gasteiger partial charge in [-0.15, -0.1) is 0 Å². The lowest BCUT2D eigenvalue weighted by molar-refractivity contribution is 0.170. The Hall–Kier alpha value is -3.20. The number of piperidine rings is 1. The Labute approximate surface area is 189 Å². The Bertz CT molecular complexity index is 1330. The third-order valence-corrected chi connectivity index (χ3v) is 7.27. The van der Waals surface area contributed by atoms with E-state index in [0.29, 0.717) is 6.04 Å². The molecule has 6 rings (SSSR count). The summed E-state index contributed by atoms with van der Waals surface area (Å²) < 4.78 is 10.8. The minimum Gasteiger partial charge on any atom is -0.487 e. The van der Waals surface area contributed by atoms with Crippen LogP contribution in [0.1, 0.15) is 31.7 Å². The number of aryl methyl sites for hydroxylation is 1. The van der Waals surface area contributed by atoms with Crippen molar-refractivity contribution < 1.29 is 4.74 Å². The van der Waals surface area contributed by atoms with Gasteiger partial charge in [0.1, 0.15) is 11.9 Å². The average molecular weight is 449 g/mol. The average Bonchev–Trinajstić information content (AvgIpc) is 3.51. The summed E-state index contributed by atoms with van der Waals surface area (Å²) in [6, 6.07) is 6.58. The van der Waals surface area contributed by atoms with Crippen LogP contribution in [0.5, 0.6) is 5.75 Å². The lowest BCUT2D eigenvalue weighted by Gasteiger charge is -2.32. The molecule has 3 aromatic heterocycles. The summed E-state index contributed by atoms with van der Waals surface area (Å²) in [7, 11) is 1.80. The summed E-state index contributed by atoms with van der Waals surface area (Å²) in [6.07, 6.45) is 12.0. The Morgan fingerprint density at radius 2 is 1.94 bits per heavy atom. The van der Waals surface area contributed by atoms with E-state index in [1.165, 1.54) is 24.2 Å². The number of ether oxygens (including phenoxy) is 1. The summed E-state index contributed by atoms with van der Waals surface area (Å²) >= 11 is 1.26. The highest BCUT2D eigenvalue weighted by molar-refractivity contribution is 7.16. The molecule has 0 unspecified atom stereocenters. The van der Waals surface area contributed by atoms with E-state index in [0.717, 1.165) is 59.0 Å². The van der Waals surface area contributed by atoms with Gasteiger partial charge in [0.25, 0.3) is 0 Å². The lowest BCUT2D eigenvalue weighted by Crippen LogP contribution is -2.38. The van der Waals surface area contributed by atoms with Crippen molar-refractivity contribution in [3.63, 3.8) is 0 Å². The normalized spacial score (nSPS) is 17.2. The molecule has 1 aliphatic carbocycles. The fraction of sp³-hybridized carbons (Fsp3) is 0.391. The molecule has 8 nitrogen and oxygen atoms in total. The molecule has 0 N–H and O–H groups in total. The summed E-state index contributed by atoms with van der Waals surface area (Å²) in [5, 5.41) is 4.41. The van der Waals surface area contributed by atoms with Crippen LogP contribution in [0.4, 0.5) is 5.82 Å². The molecule has 0 amide bonds. The quantitative estimate of drug-likeness (QED) is 0.464. The molecule has 0 atom stereocenters. The van der Waals surface area contributed by atoms with Crippen LogP contribution in [0.3, 0.4) is 0 Å². The minimum atomic E-state index is 0.0435. The maximum atomic E-state index is 12.0. The van der Waals surface area contributed by atoms with Gasteiger partial charge in [0.05, 0.1) is 46.7 Å². The Balaban J connectivity index is 1.14. The summed E-state index contributed by atoms with van der Waals surface area (Å²) in [6.45, 7) is 1.75. The summed E-state index contributed by atoms with van der Waals surface area (Å²) in [4.78, 5) is 23.6. The van der Waals surface area contributed by atoms with Crippen LogP contribution >= 0.6 is 11.3 Å². The highest BCUT2D eigenvalue weighted by Crippen LogP contribution is 2.35. The van der Waals surface area contributed by atoms with E-state index in [-0.39, 0.29) is 11.0 Å². The third-order valence-electron chi connectivity index (χ3n) is 6.28. The van der Waals surface area contributed by atoms with Gasteiger partial charge in [0, 0.05) is 38.5 Å². The Kier molecular flexibility index (Phi) is 4.71. The number of thiazole rings is 1. The summed E-state index contributed by atoms with van der Waals surface area (Å²) in [5.41, 5.74) is 2.73. The second-order valence-electron chi connectivity index (χ2n) is 8.56. The van der Waals surface area contributed by atoms with Gasteiger partial charge in [-0.05, 0) is 25.0 Å².